The number of hydrogen-bond donors (Lipinski definition) is 1. The highest BCUT2D eigenvalue weighted by atomic mass is 19.1. The lowest BCUT2D eigenvalue weighted by molar-refractivity contribution is 0.0344. The van der Waals surface area contributed by atoms with Gasteiger partial charge in [0.1, 0.15) is 17.5 Å². The zero-order valence-electron chi connectivity index (χ0n) is 17.4. The van der Waals surface area contributed by atoms with Gasteiger partial charge < -0.3 is 10.0 Å². The average Bonchev–Trinajstić information content (AvgIpc) is 2.64. The monoisotopic (exact) mass is 386 g/mol. The topological polar surface area (TPSA) is 52.5 Å². The first-order chi connectivity index (χ1) is 13.3. The molecule has 5 nitrogen and oxygen atoms in total. The van der Waals surface area contributed by atoms with Crippen molar-refractivity contribution in [2.24, 2.45) is 0 Å². The van der Waals surface area contributed by atoms with E-state index in [1.807, 2.05) is 32.9 Å². The van der Waals surface area contributed by atoms with E-state index in [4.69, 9.17) is 4.98 Å². The van der Waals surface area contributed by atoms with Crippen LogP contribution < -0.4 is 4.90 Å². The number of anilines is 1. The standard InChI is InChI=1S/C22H31FN4O/c1-5-20-18(14-17-8-6-7-9-19(17)23)21(25-16(2)24-20)27-12-10-26(11-13-27)15-22(3,4)28/h6-9,28H,5,10-15H2,1-4H3. The minimum Gasteiger partial charge on any atom is -0.389 e. The third-order valence-electron chi connectivity index (χ3n) is 5.13. The molecule has 152 valence electrons. The zero-order valence-corrected chi connectivity index (χ0v) is 17.4. The first-order valence-electron chi connectivity index (χ1n) is 10.1. The fourth-order valence-electron chi connectivity index (χ4n) is 3.87. The van der Waals surface area contributed by atoms with Gasteiger partial charge in [0.15, 0.2) is 0 Å². The highest BCUT2D eigenvalue weighted by Gasteiger charge is 2.26. The predicted molar refractivity (Wildman–Crippen MR) is 110 cm³/mol. The molecule has 0 aliphatic carbocycles. The molecule has 2 aromatic rings. The molecular formula is C22H31FN4O. The van der Waals surface area contributed by atoms with Gasteiger partial charge in [0, 0.05) is 50.4 Å². The van der Waals surface area contributed by atoms with Crippen LogP contribution in [0, 0.1) is 12.7 Å². The second-order valence-corrected chi connectivity index (χ2v) is 8.22. The maximum Gasteiger partial charge on any atom is 0.136 e. The molecule has 0 amide bonds. The van der Waals surface area contributed by atoms with Crippen molar-refractivity contribution < 1.29 is 9.50 Å². The molecule has 6 heteroatoms. The minimum absolute atomic E-state index is 0.189. The molecule has 1 fully saturated rings. The number of aryl methyl sites for hydroxylation is 2. The molecule has 0 atom stereocenters. The Hall–Kier alpha value is -2.05. The van der Waals surface area contributed by atoms with Crippen molar-refractivity contribution in [2.45, 2.75) is 46.1 Å². The summed E-state index contributed by atoms with van der Waals surface area (Å²) in [4.78, 5) is 14.0. The van der Waals surface area contributed by atoms with Crippen LogP contribution in [-0.4, -0.2) is 58.3 Å². The van der Waals surface area contributed by atoms with Crippen molar-refractivity contribution >= 4 is 5.82 Å². The van der Waals surface area contributed by atoms with Crippen molar-refractivity contribution in [2.75, 3.05) is 37.6 Å². The van der Waals surface area contributed by atoms with Gasteiger partial charge in [-0.1, -0.05) is 25.1 Å². The summed E-state index contributed by atoms with van der Waals surface area (Å²) in [5, 5.41) is 10.1. The molecule has 1 saturated heterocycles. The number of halogens is 1. The Bertz CT molecular complexity index is 811. The lowest BCUT2D eigenvalue weighted by Gasteiger charge is -2.38. The van der Waals surface area contributed by atoms with Crippen molar-refractivity contribution in [1.29, 1.82) is 0 Å². The van der Waals surface area contributed by atoms with Crippen LogP contribution in [0.4, 0.5) is 10.2 Å². The molecule has 0 radical (unpaired) electrons. The second-order valence-electron chi connectivity index (χ2n) is 8.22. The number of nitrogens with zero attached hydrogens (tertiary/aromatic N) is 4. The van der Waals surface area contributed by atoms with E-state index < -0.39 is 5.60 Å². The van der Waals surface area contributed by atoms with E-state index in [0.29, 0.717) is 18.5 Å². The number of aliphatic hydroxyl groups is 1. The summed E-state index contributed by atoms with van der Waals surface area (Å²) < 4.78 is 14.3. The Morgan fingerprint density at radius 1 is 1.11 bits per heavy atom. The van der Waals surface area contributed by atoms with Gasteiger partial charge in [0.25, 0.3) is 0 Å². The summed E-state index contributed by atoms with van der Waals surface area (Å²) >= 11 is 0. The van der Waals surface area contributed by atoms with Gasteiger partial charge in [0.05, 0.1) is 5.60 Å². The molecule has 1 aliphatic rings. The molecule has 0 bridgehead atoms. The van der Waals surface area contributed by atoms with Gasteiger partial charge in [-0.2, -0.15) is 0 Å². The summed E-state index contributed by atoms with van der Waals surface area (Å²) in [5.41, 5.74) is 1.99. The number of β-amino-alcohol motifs (C(OH)–C–C–N with tert-alkyl or cyclic N) is 1. The van der Waals surface area contributed by atoms with Crippen molar-refractivity contribution in [3.8, 4) is 0 Å². The molecule has 1 aromatic heterocycles. The minimum atomic E-state index is -0.695. The van der Waals surface area contributed by atoms with Crippen LogP contribution in [0.1, 0.15) is 43.4 Å². The normalized spacial score (nSPS) is 15.9. The molecular weight excluding hydrogens is 355 g/mol. The number of benzene rings is 1. The smallest absolute Gasteiger partial charge is 0.136 e. The van der Waals surface area contributed by atoms with Gasteiger partial charge in [-0.05, 0) is 38.8 Å². The quantitative estimate of drug-likeness (QED) is 0.827. The Morgan fingerprint density at radius 2 is 1.79 bits per heavy atom. The maximum atomic E-state index is 14.3. The summed E-state index contributed by atoms with van der Waals surface area (Å²) in [7, 11) is 0. The molecule has 0 spiro atoms. The first-order valence-corrected chi connectivity index (χ1v) is 10.1. The number of piperazine rings is 1. The molecule has 1 aliphatic heterocycles. The van der Waals surface area contributed by atoms with E-state index in [0.717, 1.165) is 55.5 Å². The Balaban J connectivity index is 1.87. The van der Waals surface area contributed by atoms with Crippen LogP contribution in [0.3, 0.4) is 0 Å². The van der Waals surface area contributed by atoms with Gasteiger partial charge in [-0.25, -0.2) is 14.4 Å². The van der Waals surface area contributed by atoms with E-state index in [1.165, 1.54) is 6.07 Å². The summed E-state index contributed by atoms with van der Waals surface area (Å²) in [6, 6.07) is 6.92. The molecule has 3 rings (SSSR count). The lowest BCUT2D eigenvalue weighted by atomic mass is 10.0. The van der Waals surface area contributed by atoms with Crippen LogP contribution in [-0.2, 0) is 12.8 Å². The van der Waals surface area contributed by atoms with Crippen LogP contribution in [0.15, 0.2) is 24.3 Å². The first kappa shape index (κ1) is 20.7. The van der Waals surface area contributed by atoms with Crippen LogP contribution in [0.5, 0.6) is 0 Å². The highest BCUT2D eigenvalue weighted by molar-refractivity contribution is 5.52. The van der Waals surface area contributed by atoms with Crippen LogP contribution >= 0.6 is 0 Å². The van der Waals surface area contributed by atoms with Crippen molar-refractivity contribution in [3.63, 3.8) is 0 Å². The lowest BCUT2D eigenvalue weighted by Crippen LogP contribution is -2.51. The number of rotatable bonds is 6. The third-order valence-corrected chi connectivity index (χ3v) is 5.13. The van der Waals surface area contributed by atoms with Gasteiger partial charge in [-0.3, -0.25) is 4.90 Å². The highest BCUT2D eigenvalue weighted by Crippen LogP contribution is 2.27. The van der Waals surface area contributed by atoms with Crippen LogP contribution in [0.25, 0.3) is 0 Å². The fourth-order valence-corrected chi connectivity index (χ4v) is 3.87. The van der Waals surface area contributed by atoms with E-state index in [-0.39, 0.29) is 5.82 Å². The molecule has 1 aromatic carbocycles. The number of aromatic nitrogens is 2. The second kappa shape index (κ2) is 8.53. The third kappa shape index (κ3) is 5.06. The van der Waals surface area contributed by atoms with Crippen LogP contribution in [0.2, 0.25) is 0 Å². The van der Waals surface area contributed by atoms with Gasteiger partial charge in [0.2, 0.25) is 0 Å². The number of hydrogen-bond acceptors (Lipinski definition) is 5. The fraction of sp³-hybridized carbons (Fsp3) is 0.545. The molecule has 2 heterocycles. The van der Waals surface area contributed by atoms with E-state index in [2.05, 4.69) is 21.7 Å². The largest absolute Gasteiger partial charge is 0.389 e. The van der Waals surface area contributed by atoms with Crippen molar-refractivity contribution in [1.82, 2.24) is 14.9 Å². The zero-order chi connectivity index (χ0) is 20.3. The van der Waals surface area contributed by atoms with E-state index >= 15 is 0 Å². The van der Waals surface area contributed by atoms with E-state index in [9.17, 15) is 9.50 Å². The Kier molecular flexibility index (Phi) is 6.30. The molecule has 0 unspecified atom stereocenters. The summed E-state index contributed by atoms with van der Waals surface area (Å²) in [6.07, 6.45) is 1.29. The maximum absolute atomic E-state index is 14.3. The van der Waals surface area contributed by atoms with Gasteiger partial charge in [-0.15, -0.1) is 0 Å². The molecule has 28 heavy (non-hydrogen) atoms. The Morgan fingerprint density at radius 3 is 2.39 bits per heavy atom. The molecule has 1 N–H and O–H groups in total. The van der Waals surface area contributed by atoms with E-state index in [1.54, 1.807) is 6.07 Å². The molecule has 0 saturated carbocycles. The predicted octanol–water partition coefficient (Wildman–Crippen LogP) is 2.97. The van der Waals surface area contributed by atoms with Crippen molar-refractivity contribution in [3.05, 3.63) is 52.7 Å². The SMILES string of the molecule is CCc1nc(C)nc(N2CCN(CC(C)(C)O)CC2)c1Cc1ccccc1F. The Labute approximate surface area is 167 Å². The summed E-state index contributed by atoms with van der Waals surface area (Å²) in [6.45, 7) is 11.7. The van der Waals surface area contributed by atoms with Gasteiger partial charge >= 0.3 is 0 Å². The summed E-state index contributed by atoms with van der Waals surface area (Å²) in [5.74, 6) is 1.49. The average molecular weight is 387 g/mol.